The first kappa shape index (κ1) is 14.9. The molecule has 1 aromatic rings. The standard InChI is InChI=1S/C10H16N2O4S2/c1-2-5-10(18(12,15)16)17(13,14)9-7-4-3-6-8(9)11/h3-4,6-7,10H,2,5,11H2,1H3,(H2,12,15,16). The number of rotatable bonds is 5. The highest BCUT2D eigenvalue weighted by atomic mass is 32.3. The zero-order valence-corrected chi connectivity index (χ0v) is 11.5. The molecule has 0 aliphatic rings. The number of sulfone groups is 1. The molecule has 8 heteroatoms. The van der Waals surface area contributed by atoms with Crippen LogP contribution in [-0.2, 0) is 19.9 Å². The third kappa shape index (κ3) is 3.01. The van der Waals surface area contributed by atoms with E-state index < -0.39 is 24.4 Å². The summed E-state index contributed by atoms with van der Waals surface area (Å²) in [7, 11) is -8.28. The van der Waals surface area contributed by atoms with Crippen LogP contribution >= 0.6 is 0 Å². The Hall–Kier alpha value is -1.12. The van der Waals surface area contributed by atoms with Crippen molar-refractivity contribution in [3.05, 3.63) is 24.3 Å². The van der Waals surface area contributed by atoms with Crippen molar-refractivity contribution in [2.24, 2.45) is 5.14 Å². The Morgan fingerprint density at radius 1 is 1.17 bits per heavy atom. The van der Waals surface area contributed by atoms with Crippen molar-refractivity contribution in [2.75, 3.05) is 5.73 Å². The van der Waals surface area contributed by atoms with Crippen molar-refractivity contribution in [3.8, 4) is 0 Å². The summed E-state index contributed by atoms with van der Waals surface area (Å²) in [6, 6.07) is 5.73. The highest BCUT2D eigenvalue weighted by Crippen LogP contribution is 2.26. The van der Waals surface area contributed by atoms with E-state index in [2.05, 4.69) is 0 Å². The van der Waals surface area contributed by atoms with Crippen LogP contribution in [0.1, 0.15) is 19.8 Å². The average molecular weight is 292 g/mol. The second kappa shape index (κ2) is 5.25. The molecule has 0 radical (unpaired) electrons. The minimum atomic E-state index is -4.19. The fourth-order valence-electron chi connectivity index (χ4n) is 1.61. The topological polar surface area (TPSA) is 120 Å². The minimum Gasteiger partial charge on any atom is -0.398 e. The molecule has 18 heavy (non-hydrogen) atoms. The summed E-state index contributed by atoms with van der Waals surface area (Å²) >= 11 is 0. The first-order chi connectivity index (χ1) is 8.21. The third-order valence-corrected chi connectivity index (χ3v) is 6.91. The number of sulfonamides is 1. The summed E-state index contributed by atoms with van der Waals surface area (Å²) in [5, 5.41) is 4.99. The lowest BCUT2D eigenvalue weighted by atomic mass is 10.3. The Morgan fingerprint density at radius 3 is 2.17 bits per heavy atom. The molecule has 0 spiro atoms. The van der Waals surface area contributed by atoms with Crippen LogP contribution in [0.25, 0.3) is 0 Å². The Balaban J connectivity index is 3.41. The molecule has 0 heterocycles. The maximum Gasteiger partial charge on any atom is 0.226 e. The van der Waals surface area contributed by atoms with E-state index in [0.29, 0.717) is 6.42 Å². The van der Waals surface area contributed by atoms with Crippen LogP contribution in [0.3, 0.4) is 0 Å². The lowest BCUT2D eigenvalue weighted by molar-refractivity contribution is 0.568. The molecular weight excluding hydrogens is 276 g/mol. The molecule has 0 aliphatic carbocycles. The van der Waals surface area contributed by atoms with Crippen LogP contribution in [0.4, 0.5) is 5.69 Å². The fraction of sp³-hybridized carbons (Fsp3) is 0.400. The molecule has 0 saturated heterocycles. The van der Waals surface area contributed by atoms with E-state index in [9.17, 15) is 16.8 Å². The van der Waals surface area contributed by atoms with Crippen molar-refractivity contribution in [2.45, 2.75) is 29.2 Å². The van der Waals surface area contributed by atoms with Gasteiger partial charge in [-0.2, -0.15) is 0 Å². The zero-order valence-electron chi connectivity index (χ0n) is 9.91. The smallest absolute Gasteiger partial charge is 0.226 e. The summed E-state index contributed by atoms with van der Waals surface area (Å²) in [6.07, 6.45) is 0.322. The highest BCUT2D eigenvalue weighted by molar-refractivity contribution is 8.08. The van der Waals surface area contributed by atoms with Crippen LogP contribution in [0, 0.1) is 0 Å². The van der Waals surface area contributed by atoms with Crippen molar-refractivity contribution < 1.29 is 16.8 Å². The Morgan fingerprint density at radius 2 is 1.72 bits per heavy atom. The number of benzene rings is 1. The molecular formula is C10H16N2O4S2. The van der Waals surface area contributed by atoms with Crippen LogP contribution in [0.15, 0.2) is 29.2 Å². The summed E-state index contributed by atoms with van der Waals surface area (Å²) < 4.78 is 45.7. The minimum absolute atomic E-state index is 0.0160. The van der Waals surface area contributed by atoms with Crippen molar-refractivity contribution >= 4 is 25.5 Å². The molecule has 6 nitrogen and oxygen atoms in total. The van der Waals surface area contributed by atoms with Gasteiger partial charge in [-0.15, -0.1) is 0 Å². The van der Waals surface area contributed by atoms with Gasteiger partial charge in [0.1, 0.15) is 0 Å². The Kier molecular flexibility index (Phi) is 4.36. The van der Waals surface area contributed by atoms with E-state index in [1.54, 1.807) is 13.0 Å². The lowest BCUT2D eigenvalue weighted by Crippen LogP contribution is -2.35. The molecule has 0 aromatic heterocycles. The van der Waals surface area contributed by atoms with Crippen LogP contribution in [0.5, 0.6) is 0 Å². The first-order valence-corrected chi connectivity index (χ1v) is 8.47. The van der Waals surface area contributed by atoms with E-state index in [1.165, 1.54) is 18.2 Å². The molecule has 0 bridgehead atoms. The fourth-order valence-corrected chi connectivity index (χ4v) is 5.39. The van der Waals surface area contributed by atoms with E-state index in [-0.39, 0.29) is 17.0 Å². The van der Waals surface area contributed by atoms with Crippen LogP contribution in [0.2, 0.25) is 0 Å². The second-order valence-corrected chi connectivity index (χ2v) is 8.03. The second-order valence-electron chi connectivity index (χ2n) is 3.89. The number of primary sulfonamides is 1. The molecule has 1 unspecified atom stereocenters. The van der Waals surface area contributed by atoms with E-state index in [1.807, 2.05) is 0 Å². The normalized spacial score (nSPS) is 14.3. The van der Waals surface area contributed by atoms with Crippen molar-refractivity contribution in [1.82, 2.24) is 0 Å². The number of hydrogen-bond donors (Lipinski definition) is 2. The number of nitrogens with two attached hydrogens (primary N) is 2. The molecule has 102 valence electrons. The van der Waals surface area contributed by atoms with Gasteiger partial charge >= 0.3 is 0 Å². The lowest BCUT2D eigenvalue weighted by Gasteiger charge is -2.16. The molecule has 4 N–H and O–H groups in total. The van der Waals surface area contributed by atoms with Crippen LogP contribution in [-0.4, -0.2) is 21.4 Å². The van der Waals surface area contributed by atoms with E-state index in [0.717, 1.165) is 0 Å². The summed E-state index contributed by atoms with van der Waals surface area (Å²) in [5.41, 5.74) is 5.59. The molecule has 0 saturated carbocycles. The van der Waals surface area contributed by atoms with E-state index in [4.69, 9.17) is 10.9 Å². The first-order valence-electron chi connectivity index (χ1n) is 5.31. The van der Waals surface area contributed by atoms with Gasteiger partial charge in [0.25, 0.3) is 0 Å². The molecule has 0 aliphatic heterocycles. The van der Waals surface area contributed by atoms with Gasteiger partial charge < -0.3 is 5.73 Å². The molecule has 0 fully saturated rings. The number of para-hydroxylation sites is 1. The van der Waals surface area contributed by atoms with E-state index >= 15 is 0 Å². The van der Waals surface area contributed by atoms with Gasteiger partial charge in [-0.3, -0.25) is 0 Å². The number of hydrogen-bond acceptors (Lipinski definition) is 5. The maximum atomic E-state index is 12.3. The highest BCUT2D eigenvalue weighted by Gasteiger charge is 2.36. The Bertz CT molecular complexity index is 623. The molecule has 0 amide bonds. The van der Waals surface area contributed by atoms with Gasteiger partial charge in [-0.05, 0) is 18.6 Å². The van der Waals surface area contributed by atoms with Gasteiger partial charge in [0.2, 0.25) is 10.0 Å². The van der Waals surface area contributed by atoms with Crippen molar-refractivity contribution in [3.63, 3.8) is 0 Å². The predicted octanol–water partition coefficient (Wildman–Crippen LogP) is 0.457. The summed E-state index contributed by atoms with van der Waals surface area (Å²) in [4.78, 5) is -0.197. The summed E-state index contributed by atoms with van der Waals surface area (Å²) in [5.74, 6) is 0. The third-order valence-electron chi connectivity index (χ3n) is 2.46. The van der Waals surface area contributed by atoms with Crippen molar-refractivity contribution in [1.29, 1.82) is 0 Å². The molecule has 1 aromatic carbocycles. The van der Waals surface area contributed by atoms with Gasteiger partial charge in [0.15, 0.2) is 14.4 Å². The van der Waals surface area contributed by atoms with Gasteiger partial charge in [0, 0.05) is 0 Å². The monoisotopic (exact) mass is 292 g/mol. The zero-order chi connectivity index (χ0) is 14.0. The number of anilines is 1. The predicted molar refractivity (Wildman–Crippen MR) is 69.8 cm³/mol. The van der Waals surface area contributed by atoms with Crippen LogP contribution < -0.4 is 10.9 Å². The van der Waals surface area contributed by atoms with Gasteiger partial charge in [0.05, 0.1) is 10.6 Å². The Labute approximate surface area is 107 Å². The van der Waals surface area contributed by atoms with Gasteiger partial charge in [-0.1, -0.05) is 25.5 Å². The van der Waals surface area contributed by atoms with Gasteiger partial charge in [-0.25, -0.2) is 22.0 Å². The molecule has 1 atom stereocenters. The number of nitrogen functional groups attached to an aromatic ring is 1. The quantitative estimate of drug-likeness (QED) is 0.764. The largest absolute Gasteiger partial charge is 0.398 e. The maximum absolute atomic E-state index is 12.3. The average Bonchev–Trinajstić information content (AvgIpc) is 2.24. The molecule has 1 rings (SSSR count). The SMILES string of the molecule is CCCC(S(N)(=O)=O)S(=O)(=O)c1ccccc1N. The summed E-state index contributed by atoms with van der Waals surface area (Å²) in [6.45, 7) is 1.68.